The maximum atomic E-state index is 11.4. The second kappa shape index (κ2) is 2.99. The minimum absolute atomic E-state index is 0.0545. The average molecular weight is 202 g/mol. The molecular weight excluding hydrogens is 188 g/mol. The third-order valence-electron chi connectivity index (χ3n) is 3.54. The normalized spacial score (nSPS) is 28.4. The van der Waals surface area contributed by atoms with Crippen molar-refractivity contribution in [2.75, 3.05) is 18.4 Å². The van der Waals surface area contributed by atoms with Crippen molar-refractivity contribution >= 4 is 11.6 Å². The third kappa shape index (κ3) is 1.23. The molecule has 1 amide bonds. The largest absolute Gasteiger partial charge is 0.385 e. The van der Waals surface area contributed by atoms with Crippen LogP contribution in [0.15, 0.2) is 24.3 Å². The maximum Gasteiger partial charge on any atom is 0.220 e. The van der Waals surface area contributed by atoms with Crippen LogP contribution in [0.2, 0.25) is 0 Å². The van der Waals surface area contributed by atoms with Crippen molar-refractivity contribution in [2.45, 2.75) is 18.3 Å². The van der Waals surface area contributed by atoms with Gasteiger partial charge in [0, 0.05) is 30.6 Å². The molecule has 1 aromatic carbocycles. The van der Waals surface area contributed by atoms with Gasteiger partial charge in [-0.25, -0.2) is 0 Å². The molecule has 2 aliphatic rings. The van der Waals surface area contributed by atoms with Gasteiger partial charge in [0.15, 0.2) is 0 Å². The molecule has 1 unspecified atom stereocenters. The Morgan fingerprint density at radius 3 is 2.87 bits per heavy atom. The molecule has 3 nitrogen and oxygen atoms in total. The Hall–Kier alpha value is -1.51. The van der Waals surface area contributed by atoms with E-state index in [1.807, 2.05) is 6.07 Å². The van der Waals surface area contributed by atoms with E-state index >= 15 is 0 Å². The smallest absolute Gasteiger partial charge is 0.220 e. The molecular formula is C12H14N2O. The highest BCUT2D eigenvalue weighted by atomic mass is 16.1. The van der Waals surface area contributed by atoms with Crippen LogP contribution in [0.3, 0.4) is 0 Å². The Labute approximate surface area is 88.9 Å². The molecule has 1 atom stereocenters. The summed E-state index contributed by atoms with van der Waals surface area (Å²) in [6.07, 6.45) is 1.69. The topological polar surface area (TPSA) is 41.1 Å². The molecule has 0 bridgehead atoms. The van der Waals surface area contributed by atoms with E-state index in [4.69, 9.17) is 0 Å². The van der Waals surface area contributed by atoms with E-state index in [-0.39, 0.29) is 11.3 Å². The average Bonchev–Trinajstić information content (AvgIpc) is 2.62. The SMILES string of the molecule is O=C1CC2(CCNc3ccccc32)CN1. The van der Waals surface area contributed by atoms with Gasteiger partial charge in [0.05, 0.1) is 0 Å². The van der Waals surface area contributed by atoms with Gasteiger partial charge in [-0.1, -0.05) is 18.2 Å². The van der Waals surface area contributed by atoms with Crippen LogP contribution in [0.1, 0.15) is 18.4 Å². The summed E-state index contributed by atoms with van der Waals surface area (Å²) in [7, 11) is 0. The summed E-state index contributed by atoms with van der Waals surface area (Å²) in [6.45, 7) is 1.76. The number of hydrogen-bond acceptors (Lipinski definition) is 2. The summed E-state index contributed by atoms with van der Waals surface area (Å²) in [5.41, 5.74) is 2.55. The van der Waals surface area contributed by atoms with Gasteiger partial charge >= 0.3 is 0 Å². The molecule has 2 heterocycles. The molecule has 2 aliphatic heterocycles. The van der Waals surface area contributed by atoms with Crippen molar-refractivity contribution in [2.24, 2.45) is 0 Å². The number of hydrogen-bond donors (Lipinski definition) is 2. The summed E-state index contributed by atoms with van der Waals surface area (Å²) in [4.78, 5) is 11.4. The first-order valence-corrected chi connectivity index (χ1v) is 5.40. The quantitative estimate of drug-likeness (QED) is 0.665. The number of carbonyl (C=O) groups is 1. The number of rotatable bonds is 0. The van der Waals surface area contributed by atoms with E-state index in [0.717, 1.165) is 19.5 Å². The van der Waals surface area contributed by atoms with E-state index in [0.29, 0.717) is 6.42 Å². The van der Waals surface area contributed by atoms with Gasteiger partial charge in [-0.2, -0.15) is 0 Å². The summed E-state index contributed by atoms with van der Waals surface area (Å²) in [5, 5.41) is 6.34. The Morgan fingerprint density at radius 1 is 1.20 bits per heavy atom. The van der Waals surface area contributed by atoms with Crippen molar-refractivity contribution in [1.29, 1.82) is 0 Å². The van der Waals surface area contributed by atoms with Crippen LogP contribution in [-0.2, 0) is 10.2 Å². The Morgan fingerprint density at radius 2 is 2.07 bits per heavy atom. The fourth-order valence-corrected chi connectivity index (χ4v) is 2.74. The molecule has 0 aromatic heterocycles. The molecule has 3 heteroatoms. The van der Waals surface area contributed by atoms with Crippen LogP contribution in [0, 0.1) is 0 Å². The molecule has 3 rings (SSSR count). The lowest BCUT2D eigenvalue weighted by molar-refractivity contribution is -0.119. The minimum atomic E-state index is 0.0545. The minimum Gasteiger partial charge on any atom is -0.385 e. The highest BCUT2D eigenvalue weighted by molar-refractivity contribution is 5.82. The Kier molecular flexibility index (Phi) is 1.75. The summed E-state index contributed by atoms with van der Waals surface area (Å²) in [6, 6.07) is 8.33. The van der Waals surface area contributed by atoms with Gasteiger partial charge < -0.3 is 10.6 Å². The zero-order valence-corrected chi connectivity index (χ0v) is 8.55. The van der Waals surface area contributed by atoms with Crippen LogP contribution < -0.4 is 10.6 Å². The predicted molar refractivity (Wildman–Crippen MR) is 58.9 cm³/mol. The molecule has 0 aliphatic carbocycles. The van der Waals surface area contributed by atoms with Crippen LogP contribution in [0.4, 0.5) is 5.69 Å². The lowest BCUT2D eigenvalue weighted by Crippen LogP contribution is -2.35. The number of carbonyl (C=O) groups excluding carboxylic acids is 1. The molecule has 1 spiro atoms. The van der Waals surface area contributed by atoms with E-state index in [1.54, 1.807) is 0 Å². The van der Waals surface area contributed by atoms with Crippen LogP contribution >= 0.6 is 0 Å². The van der Waals surface area contributed by atoms with Gasteiger partial charge in [0.2, 0.25) is 5.91 Å². The van der Waals surface area contributed by atoms with Crippen LogP contribution in [-0.4, -0.2) is 19.0 Å². The van der Waals surface area contributed by atoms with Gasteiger partial charge in [0.1, 0.15) is 0 Å². The van der Waals surface area contributed by atoms with Crippen molar-refractivity contribution < 1.29 is 4.79 Å². The predicted octanol–water partition coefficient (Wildman–Crippen LogP) is 1.26. The van der Waals surface area contributed by atoms with Gasteiger partial charge in [-0.3, -0.25) is 4.79 Å². The highest BCUT2D eigenvalue weighted by Crippen LogP contribution is 2.41. The summed E-state index contributed by atoms with van der Waals surface area (Å²) < 4.78 is 0. The van der Waals surface area contributed by atoms with Crippen molar-refractivity contribution in [3.8, 4) is 0 Å². The Balaban J connectivity index is 2.09. The number of nitrogens with one attached hydrogen (secondary N) is 2. The zero-order valence-electron chi connectivity index (χ0n) is 8.55. The summed E-state index contributed by atoms with van der Waals surface area (Å²) in [5.74, 6) is 0.187. The lowest BCUT2D eigenvalue weighted by atomic mass is 9.74. The molecule has 1 fully saturated rings. The molecule has 78 valence electrons. The molecule has 1 saturated heterocycles. The first-order valence-electron chi connectivity index (χ1n) is 5.40. The molecule has 2 N–H and O–H groups in total. The fraction of sp³-hybridized carbons (Fsp3) is 0.417. The lowest BCUT2D eigenvalue weighted by Gasteiger charge is -2.34. The number of amides is 1. The van der Waals surface area contributed by atoms with Crippen LogP contribution in [0.25, 0.3) is 0 Å². The Bertz CT molecular complexity index is 416. The number of anilines is 1. The van der Waals surface area contributed by atoms with Crippen molar-refractivity contribution in [3.63, 3.8) is 0 Å². The number of para-hydroxylation sites is 1. The van der Waals surface area contributed by atoms with Gasteiger partial charge in [-0.05, 0) is 18.1 Å². The second-order valence-electron chi connectivity index (χ2n) is 4.46. The first kappa shape index (κ1) is 8.77. The van der Waals surface area contributed by atoms with E-state index < -0.39 is 0 Å². The zero-order chi connectivity index (χ0) is 10.3. The number of fused-ring (bicyclic) bond motifs is 2. The number of benzene rings is 1. The maximum absolute atomic E-state index is 11.4. The highest BCUT2D eigenvalue weighted by Gasteiger charge is 2.42. The fourth-order valence-electron chi connectivity index (χ4n) is 2.74. The molecule has 15 heavy (non-hydrogen) atoms. The standard InChI is InChI=1S/C12H14N2O/c15-11-7-12(8-14-11)5-6-13-10-4-2-1-3-9(10)12/h1-4,13H,5-8H2,(H,14,15). The van der Waals surface area contributed by atoms with E-state index in [1.165, 1.54) is 11.3 Å². The monoisotopic (exact) mass is 202 g/mol. The molecule has 0 saturated carbocycles. The van der Waals surface area contributed by atoms with Crippen molar-refractivity contribution in [1.82, 2.24) is 5.32 Å². The van der Waals surface area contributed by atoms with Crippen molar-refractivity contribution in [3.05, 3.63) is 29.8 Å². The van der Waals surface area contributed by atoms with Crippen LogP contribution in [0.5, 0.6) is 0 Å². The molecule has 1 aromatic rings. The van der Waals surface area contributed by atoms with E-state index in [9.17, 15) is 4.79 Å². The first-order chi connectivity index (χ1) is 7.30. The second-order valence-corrected chi connectivity index (χ2v) is 4.46. The molecule has 0 radical (unpaired) electrons. The van der Waals surface area contributed by atoms with Gasteiger partial charge in [-0.15, -0.1) is 0 Å². The third-order valence-corrected chi connectivity index (χ3v) is 3.54. The van der Waals surface area contributed by atoms with E-state index in [2.05, 4.69) is 28.8 Å². The van der Waals surface area contributed by atoms with Gasteiger partial charge in [0.25, 0.3) is 0 Å². The summed E-state index contributed by atoms with van der Waals surface area (Å²) >= 11 is 0.